The summed E-state index contributed by atoms with van der Waals surface area (Å²) in [6.07, 6.45) is 4.57. The molecule has 3 atom stereocenters. The summed E-state index contributed by atoms with van der Waals surface area (Å²) in [7, 11) is 0. The first-order chi connectivity index (χ1) is 13.9. The highest BCUT2D eigenvalue weighted by Crippen LogP contribution is 2.50. The average molecular weight is 397 g/mol. The van der Waals surface area contributed by atoms with Crippen LogP contribution in [-0.4, -0.2) is 18.4 Å². The van der Waals surface area contributed by atoms with Crippen LogP contribution in [0.1, 0.15) is 46.3 Å². The van der Waals surface area contributed by atoms with E-state index < -0.39 is 17.6 Å². The van der Waals surface area contributed by atoms with E-state index in [0.717, 1.165) is 23.7 Å². The highest BCUT2D eigenvalue weighted by molar-refractivity contribution is 5.95. The van der Waals surface area contributed by atoms with Crippen LogP contribution in [0, 0.1) is 17.6 Å². The second-order valence-electron chi connectivity index (χ2n) is 7.32. The zero-order chi connectivity index (χ0) is 20.5. The molecule has 5 nitrogen and oxygen atoms in total. The molecule has 2 aromatic rings. The number of anilines is 1. The van der Waals surface area contributed by atoms with Gasteiger partial charge in [0, 0.05) is 47.7 Å². The molecule has 0 bridgehead atoms. The molecule has 1 heterocycles. The number of hydrogen-bond acceptors (Lipinski definition) is 4. The molecule has 0 spiro atoms. The van der Waals surface area contributed by atoms with Gasteiger partial charge in [-0.3, -0.25) is 4.79 Å². The summed E-state index contributed by atoms with van der Waals surface area (Å²) in [5.74, 6) is -2.74. The zero-order valence-electron chi connectivity index (χ0n) is 15.5. The van der Waals surface area contributed by atoms with Crippen LogP contribution in [0.2, 0.25) is 0 Å². The van der Waals surface area contributed by atoms with Gasteiger partial charge < -0.3 is 20.5 Å². The van der Waals surface area contributed by atoms with Crippen molar-refractivity contribution < 1.29 is 23.5 Å². The lowest BCUT2D eigenvalue weighted by atomic mass is 9.76. The molecule has 1 amide bonds. The molecule has 0 unspecified atom stereocenters. The van der Waals surface area contributed by atoms with Crippen molar-refractivity contribution in [1.82, 2.24) is 5.32 Å². The summed E-state index contributed by atoms with van der Waals surface area (Å²) in [5, 5.41) is 16.4. The Labute approximate surface area is 166 Å². The minimum atomic E-state index is -1.22. The lowest BCUT2D eigenvalue weighted by Gasteiger charge is -2.37. The van der Waals surface area contributed by atoms with Gasteiger partial charge in [-0.15, -0.1) is 0 Å². The molecule has 7 heteroatoms. The average Bonchev–Trinajstić information content (AvgIpc) is 3.17. The van der Waals surface area contributed by atoms with E-state index >= 15 is 0 Å². The molecule has 150 valence electrons. The number of carbonyl (C=O) groups is 2. The molecular weight excluding hydrogens is 378 g/mol. The summed E-state index contributed by atoms with van der Waals surface area (Å²) >= 11 is 0. The van der Waals surface area contributed by atoms with E-state index in [2.05, 4.69) is 16.7 Å². The van der Waals surface area contributed by atoms with E-state index in [9.17, 15) is 23.5 Å². The van der Waals surface area contributed by atoms with E-state index in [4.69, 9.17) is 0 Å². The van der Waals surface area contributed by atoms with Crippen molar-refractivity contribution >= 4 is 17.6 Å². The van der Waals surface area contributed by atoms with Gasteiger partial charge in [-0.1, -0.05) is 18.2 Å². The van der Waals surface area contributed by atoms with Crippen molar-refractivity contribution in [2.45, 2.75) is 24.8 Å². The lowest BCUT2D eigenvalue weighted by Crippen LogP contribution is -2.32. The Morgan fingerprint density at radius 3 is 2.72 bits per heavy atom. The van der Waals surface area contributed by atoms with Crippen LogP contribution in [0.15, 0.2) is 48.6 Å². The third-order valence-corrected chi connectivity index (χ3v) is 5.54. The fourth-order valence-electron chi connectivity index (χ4n) is 4.18. The Morgan fingerprint density at radius 2 is 1.97 bits per heavy atom. The number of carboxylic acid groups (broad SMARTS) is 1. The van der Waals surface area contributed by atoms with Crippen molar-refractivity contribution in [1.29, 1.82) is 0 Å². The highest BCUT2D eigenvalue weighted by Gasteiger charge is 2.39. The molecule has 2 aliphatic rings. The van der Waals surface area contributed by atoms with Crippen molar-refractivity contribution in [3.8, 4) is 0 Å². The fraction of sp³-hybridized carbons (Fsp3) is 0.273. The van der Waals surface area contributed by atoms with Crippen LogP contribution in [0.5, 0.6) is 0 Å². The zero-order valence-corrected chi connectivity index (χ0v) is 15.5. The van der Waals surface area contributed by atoms with E-state index in [0.29, 0.717) is 11.1 Å². The van der Waals surface area contributed by atoms with Crippen LogP contribution in [-0.2, 0) is 4.79 Å². The number of hydrogen-bond donors (Lipinski definition) is 2. The predicted octanol–water partition coefficient (Wildman–Crippen LogP) is 2.66. The molecule has 0 radical (unpaired) electrons. The second kappa shape index (κ2) is 7.66. The maximum Gasteiger partial charge on any atom is 0.251 e. The standard InChI is InChI=1S/C22H20F2N2O3/c23-13-5-6-16(18(24)11-13)21-15-3-1-2-14(15)17-10-12(4-7-19(17)26-21)22(29)25-9-8-20(27)28/h1-2,4-7,10-11,14-15,21,26H,3,8-9H2,(H,25,29)(H,27,28)/p-1/t14-,15+,21-/m1/s1. The Hall–Kier alpha value is -3.22. The van der Waals surface area contributed by atoms with Crippen molar-refractivity contribution in [3.63, 3.8) is 0 Å². The first kappa shape index (κ1) is 19.1. The molecule has 0 saturated carbocycles. The van der Waals surface area contributed by atoms with Crippen LogP contribution in [0.3, 0.4) is 0 Å². The molecule has 2 aromatic carbocycles. The smallest absolute Gasteiger partial charge is 0.251 e. The second-order valence-corrected chi connectivity index (χ2v) is 7.32. The maximum absolute atomic E-state index is 14.4. The molecule has 0 fully saturated rings. The predicted molar refractivity (Wildman–Crippen MR) is 101 cm³/mol. The number of fused-ring (bicyclic) bond motifs is 3. The van der Waals surface area contributed by atoms with Crippen LogP contribution < -0.4 is 15.7 Å². The number of rotatable bonds is 5. The van der Waals surface area contributed by atoms with Gasteiger partial charge in [0.05, 0.1) is 6.04 Å². The van der Waals surface area contributed by atoms with Crippen LogP contribution >= 0.6 is 0 Å². The molecule has 29 heavy (non-hydrogen) atoms. The number of benzene rings is 2. The first-order valence-corrected chi connectivity index (χ1v) is 9.44. The number of nitrogens with one attached hydrogen (secondary N) is 2. The van der Waals surface area contributed by atoms with E-state index in [1.807, 2.05) is 6.08 Å². The molecule has 1 aliphatic carbocycles. The number of allylic oxidation sites excluding steroid dienone is 2. The number of amides is 1. The summed E-state index contributed by atoms with van der Waals surface area (Å²) in [6, 6.07) is 8.49. The van der Waals surface area contributed by atoms with Gasteiger partial charge in [0.1, 0.15) is 11.6 Å². The Bertz CT molecular complexity index is 1010. The molecule has 0 aromatic heterocycles. The summed E-state index contributed by atoms with van der Waals surface area (Å²) in [4.78, 5) is 22.8. The van der Waals surface area contributed by atoms with Gasteiger partial charge in [0.15, 0.2) is 0 Å². The number of carbonyl (C=O) groups excluding carboxylic acids is 2. The number of aliphatic carboxylic acids is 1. The van der Waals surface area contributed by atoms with E-state index in [-0.39, 0.29) is 36.8 Å². The minimum Gasteiger partial charge on any atom is -0.550 e. The van der Waals surface area contributed by atoms with Crippen molar-refractivity contribution in [3.05, 3.63) is 76.9 Å². The van der Waals surface area contributed by atoms with E-state index in [1.165, 1.54) is 12.1 Å². The third kappa shape index (κ3) is 3.72. The van der Waals surface area contributed by atoms with Crippen molar-refractivity contribution in [2.75, 3.05) is 11.9 Å². The first-order valence-electron chi connectivity index (χ1n) is 9.44. The highest BCUT2D eigenvalue weighted by atomic mass is 19.1. The Kier molecular flexibility index (Phi) is 5.05. The summed E-state index contributed by atoms with van der Waals surface area (Å²) in [5.41, 5.74) is 2.56. The maximum atomic E-state index is 14.4. The summed E-state index contributed by atoms with van der Waals surface area (Å²) < 4.78 is 27.7. The van der Waals surface area contributed by atoms with Gasteiger partial charge in [0.2, 0.25) is 0 Å². The quantitative estimate of drug-likeness (QED) is 0.760. The molecule has 0 saturated heterocycles. The van der Waals surface area contributed by atoms with Gasteiger partial charge in [-0.05, 0) is 42.2 Å². The molecule has 4 rings (SSSR count). The van der Waals surface area contributed by atoms with Crippen LogP contribution in [0.25, 0.3) is 0 Å². The largest absolute Gasteiger partial charge is 0.550 e. The topological polar surface area (TPSA) is 81.3 Å². The van der Waals surface area contributed by atoms with Crippen molar-refractivity contribution in [2.24, 2.45) is 5.92 Å². The summed E-state index contributed by atoms with van der Waals surface area (Å²) in [6.45, 7) is -0.00558. The third-order valence-electron chi connectivity index (χ3n) is 5.54. The molecular formula is C22H19F2N2O3-. The number of carboxylic acids is 1. The Morgan fingerprint density at radius 1 is 1.14 bits per heavy atom. The van der Waals surface area contributed by atoms with Gasteiger partial charge in [-0.25, -0.2) is 8.78 Å². The van der Waals surface area contributed by atoms with Gasteiger partial charge in [-0.2, -0.15) is 0 Å². The van der Waals surface area contributed by atoms with E-state index in [1.54, 1.807) is 18.2 Å². The SMILES string of the molecule is O=C([O-])CCNC(=O)c1ccc2c(c1)[C@@H]1C=CC[C@@H]1[C@H](c1ccc(F)cc1F)N2. The van der Waals surface area contributed by atoms with Gasteiger partial charge >= 0.3 is 0 Å². The molecule has 2 N–H and O–H groups in total. The lowest BCUT2D eigenvalue weighted by molar-refractivity contribution is -0.305. The van der Waals surface area contributed by atoms with Gasteiger partial charge in [0.25, 0.3) is 5.91 Å². The fourth-order valence-corrected chi connectivity index (χ4v) is 4.18. The Balaban J connectivity index is 1.61. The monoisotopic (exact) mass is 397 g/mol. The number of halogens is 2. The molecule has 1 aliphatic heterocycles. The van der Waals surface area contributed by atoms with Crippen LogP contribution in [0.4, 0.5) is 14.5 Å². The normalized spacial score (nSPS) is 21.8. The minimum absolute atomic E-state index is 0.00308.